The van der Waals surface area contributed by atoms with E-state index in [0.29, 0.717) is 6.10 Å². The molecule has 1 fully saturated rings. The first kappa shape index (κ1) is 16.4. The Morgan fingerprint density at radius 3 is 2.87 bits per heavy atom. The van der Waals surface area contributed by atoms with Gasteiger partial charge in [0, 0.05) is 44.8 Å². The molecule has 1 aromatic heterocycles. The highest BCUT2D eigenvalue weighted by Crippen LogP contribution is 2.23. The van der Waals surface area contributed by atoms with E-state index in [9.17, 15) is 0 Å². The monoisotopic (exact) mass is 331 g/mol. The van der Waals surface area contributed by atoms with Gasteiger partial charge < -0.3 is 9.64 Å². The van der Waals surface area contributed by atoms with E-state index < -0.39 is 0 Å². The molecule has 1 saturated heterocycles. The Hall–Kier alpha value is -1.43. The summed E-state index contributed by atoms with van der Waals surface area (Å²) in [6, 6.07) is 10.7. The number of rotatable bonds is 6. The van der Waals surface area contributed by atoms with Crippen LogP contribution in [0.3, 0.4) is 0 Å². The summed E-state index contributed by atoms with van der Waals surface area (Å²) in [6.45, 7) is 3.84. The van der Waals surface area contributed by atoms with Gasteiger partial charge >= 0.3 is 0 Å². The van der Waals surface area contributed by atoms with E-state index in [4.69, 9.17) is 4.74 Å². The molecular weight excluding hydrogens is 306 g/mol. The molecule has 0 N–H and O–H groups in total. The van der Waals surface area contributed by atoms with Crippen LogP contribution in [0.5, 0.6) is 0 Å². The molecule has 0 bridgehead atoms. The van der Waals surface area contributed by atoms with Crippen LogP contribution < -0.4 is 4.90 Å². The number of aryl methyl sites for hydroxylation is 1. The molecule has 1 atom stereocenters. The zero-order valence-electron chi connectivity index (χ0n) is 13.9. The summed E-state index contributed by atoms with van der Waals surface area (Å²) >= 11 is 1.78. The average molecular weight is 331 g/mol. The van der Waals surface area contributed by atoms with E-state index in [-0.39, 0.29) is 0 Å². The van der Waals surface area contributed by atoms with Gasteiger partial charge in [0.05, 0.1) is 12.7 Å². The second-order valence-electron chi connectivity index (χ2n) is 6.26. The molecule has 1 aliphatic heterocycles. The third-order valence-corrected chi connectivity index (χ3v) is 5.27. The zero-order valence-corrected chi connectivity index (χ0v) is 14.8. The fourth-order valence-corrected chi connectivity index (χ4v) is 3.74. The maximum absolute atomic E-state index is 5.95. The molecule has 0 saturated carbocycles. The number of hydrogen-bond donors (Lipinski definition) is 0. The van der Waals surface area contributed by atoms with E-state index in [0.717, 1.165) is 44.2 Å². The first-order chi connectivity index (χ1) is 11.2. The van der Waals surface area contributed by atoms with Crippen LogP contribution in [0.25, 0.3) is 0 Å². The van der Waals surface area contributed by atoms with Gasteiger partial charge in [0.2, 0.25) is 0 Å². The fraction of sp³-hybridized carbons (Fsp3) is 0.500. The molecule has 5 heteroatoms. The summed E-state index contributed by atoms with van der Waals surface area (Å²) in [7, 11) is 4.08. The van der Waals surface area contributed by atoms with E-state index in [1.807, 2.05) is 20.3 Å². The van der Waals surface area contributed by atoms with Crippen molar-refractivity contribution in [3.63, 3.8) is 0 Å². The van der Waals surface area contributed by atoms with Crippen LogP contribution in [-0.4, -0.2) is 49.8 Å². The Morgan fingerprint density at radius 2 is 2.13 bits per heavy atom. The smallest absolute Gasteiger partial charge is 0.185 e. The van der Waals surface area contributed by atoms with Crippen LogP contribution in [0.1, 0.15) is 16.9 Å². The molecule has 0 unspecified atom stereocenters. The molecule has 0 spiro atoms. The van der Waals surface area contributed by atoms with Gasteiger partial charge in [-0.05, 0) is 18.4 Å². The Balaban J connectivity index is 1.49. The van der Waals surface area contributed by atoms with Gasteiger partial charge in [-0.15, -0.1) is 11.3 Å². The number of anilines is 1. The molecule has 0 aliphatic carbocycles. The highest BCUT2D eigenvalue weighted by Gasteiger charge is 2.21. The second-order valence-corrected chi connectivity index (χ2v) is 7.35. The summed E-state index contributed by atoms with van der Waals surface area (Å²) < 4.78 is 5.95. The van der Waals surface area contributed by atoms with Crippen LogP contribution in [0.4, 0.5) is 5.13 Å². The van der Waals surface area contributed by atoms with Crippen LogP contribution in [0.15, 0.2) is 36.5 Å². The van der Waals surface area contributed by atoms with Crippen molar-refractivity contribution < 1.29 is 4.74 Å². The van der Waals surface area contributed by atoms with Crippen molar-refractivity contribution in [3.8, 4) is 0 Å². The molecule has 2 heterocycles. The third-order valence-electron chi connectivity index (χ3n) is 4.12. The van der Waals surface area contributed by atoms with E-state index >= 15 is 0 Å². The number of hydrogen-bond acceptors (Lipinski definition) is 5. The average Bonchev–Trinajstić information content (AvgIpc) is 3.03. The molecule has 1 aliphatic rings. The minimum absolute atomic E-state index is 0.338. The molecule has 4 nitrogen and oxygen atoms in total. The topological polar surface area (TPSA) is 28.6 Å². The number of benzene rings is 1. The zero-order chi connectivity index (χ0) is 16.1. The van der Waals surface area contributed by atoms with Crippen molar-refractivity contribution in [2.45, 2.75) is 25.5 Å². The normalized spacial score (nSPS) is 19.0. The summed E-state index contributed by atoms with van der Waals surface area (Å²) in [5, 5.41) is 1.08. The van der Waals surface area contributed by atoms with E-state index in [2.05, 4.69) is 45.1 Å². The molecule has 124 valence electrons. The SMILES string of the molecule is CN(C)c1ncc(CN2CCO[C@H](CCc3ccccc3)C2)s1. The summed E-state index contributed by atoms with van der Waals surface area (Å²) in [5.74, 6) is 0. The minimum atomic E-state index is 0.338. The Bertz CT molecular complexity index is 599. The molecule has 0 radical (unpaired) electrons. The minimum Gasteiger partial charge on any atom is -0.376 e. The van der Waals surface area contributed by atoms with Gasteiger partial charge in [0.25, 0.3) is 0 Å². The standard InChI is InChI=1S/C18H25N3OS/c1-20(2)18-19-12-17(23-18)14-21-10-11-22-16(13-21)9-8-15-6-4-3-5-7-15/h3-7,12,16H,8-11,13-14H2,1-2H3/t16-/m1/s1. The first-order valence-electron chi connectivity index (χ1n) is 8.20. The molecule has 2 aromatic rings. The predicted molar refractivity (Wildman–Crippen MR) is 96.2 cm³/mol. The lowest BCUT2D eigenvalue weighted by molar-refractivity contribution is -0.0342. The van der Waals surface area contributed by atoms with Gasteiger partial charge in [0.15, 0.2) is 5.13 Å². The quantitative estimate of drug-likeness (QED) is 0.813. The van der Waals surface area contributed by atoms with Crippen LogP contribution in [0, 0.1) is 0 Å². The highest BCUT2D eigenvalue weighted by atomic mass is 32.1. The van der Waals surface area contributed by atoms with Crippen LogP contribution >= 0.6 is 11.3 Å². The van der Waals surface area contributed by atoms with Crippen molar-refractivity contribution in [1.82, 2.24) is 9.88 Å². The molecule has 0 amide bonds. The van der Waals surface area contributed by atoms with Gasteiger partial charge in [-0.2, -0.15) is 0 Å². The van der Waals surface area contributed by atoms with E-state index in [1.54, 1.807) is 11.3 Å². The number of aromatic nitrogens is 1. The largest absolute Gasteiger partial charge is 0.376 e. The van der Waals surface area contributed by atoms with Gasteiger partial charge in [-0.25, -0.2) is 4.98 Å². The van der Waals surface area contributed by atoms with Crippen molar-refractivity contribution in [2.75, 3.05) is 38.7 Å². The molecular formula is C18H25N3OS. The highest BCUT2D eigenvalue weighted by molar-refractivity contribution is 7.15. The van der Waals surface area contributed by atoms with Gasteiger partial charge in [-0.1, -0.05) is 30.3 Å². The van der Waals surface area contributed by atoms with Crippen LogP contribution in [-0.2, 0) is 17.7 Å². The van der Waals surface area contributed by atoms with Crippen LogP contribution in [0.2, 0.25) is 0 Å². The summed E-state index contributed by atoms with van der Waals surface area (Å²) in [6.07, 6.45) is 4.52. The fourth-order valence-electron chi connectivity index (χ4n) is 2.87. The lowest BCUT2D eigenvalue weighted by atomic mass is 10.1. The molecule has 1 aromatic carbocycles. The maximum Gasteiger partial charge on any atom is 0.185 e. The summed E-state index contributed by atoms with van der Waals surface area (Å²) in [5.41, 5.74) is 1.39. The number of ether oxygens (including phenoxy) is 1. The van der Waals surface area contributed by atoms with Gasteiger partial charge in [-0.3, -0.25) is 4.90 Å². The molecule has 23 heavy (non-hydrogen) atoms. The van der Waals surface area contributed by atoms with Crippen molar-refractivity contribution >= 4 is 16.5 Å². The predicted octanol–water partition coefficient (Wildman–Crippen LogP) is 3.04. The van der Waals surface area contributed by atoms with Gasteiger partial charge in [0.1, 0.15) is 0 Å². The number of morpholine rings is 1. The molecule has 3 rings (SSSR count). The second kappa shape index (κ2) is 7.90. The lowest BCUT2D eigenvalue weighted by Crippen LogP contribution is -2.41. The Kier molecular flexibility index (Phi) is 5.65. The number of thiazole rings is 1. The van der Waals surface area contributed by atoms with E-state index in [1.165, 1.54) is 10.4 Å². The Labute approximate surface area is 142 Å². The maximum atomic E-state index is 5.95. The van der Waals surface area contributed by atoms with Crippen molar-refractivity contribution in [3.05, 3.63) is 47.0 Å². The first-order valence-corrected chi connectivity index (χ1v) is 9.02. The Morgan fingerprint density at radius 1 is 1.30 bits per heavy atom. The lowest BCUT2D eigenvalue weighted by Gasteiger charge is -2.32. The number of nitrogens with zero attached hydrogens (tertiary/aromatic N) is 3. The van der Waals surface area contributed by atoms with Crippen molar-refractivity contribution in [2.24, 2.45) is 0 Å². The third kappa shape index (κ3) is 4.77. The summed E-state index contributed by atoms with van der Waals surface area (Å²) in [4.78, 5) is 10.4. The van der Waals surface area contributed by atoms with Crippen molar-refractivity contribution in [1.29, 1.82) is 0 Å².